The van der Waals surface area contributed by atoms with E-state index in [1.165, 1.54) is 35.6 Å². The van der Waals surface area contributed by atoms with Crippen molar-refractivity contribution in [2.45, 2.75) is 32.6 Å². The number of hydrogen-bond donors (Lipinski definition) is 0. The molecule has 1 aliphatic carbocycles. The first-order valence-corrected chi connectivity index (χ1v) is 10.1. The van der Waals surface area contributed by atoms with Crippen molar-refractivity contribution in [3.05, 3.63) is 41.3 Å². The zero-order valence-corrected chi connectivity index (χ0v) is 16.6. The highest BCUT2D eigenvalue weighted by Crippen LogP contribution is 2.31. The van der Waals surface area contributed by atoms with E-state index < -0.39 is 0 Å². The van der Waals surface area contributed by atoms with Gasteiger partial charge in [-0.25, -0.2) is 4.98 Å². The number of nitrogens with zero attached hydrogens (tertiary/aromatic N) is 6. The number of piperazine rings is 1. The van der Waals surface area contributed by atoms with Gasteiger partial charge >= 0.3 is 0 Å². The number of rotatable bonds is 3. The molecule has 2 aliphatic rings. The molecule has 3 heterocycles. The van der Waals surface area contributed by atoms with Gasteiger partial charge in [-0.2, -0.15) is 9.50 Å². The molecule has 1 aromatic carbocycles. The normalized spacial score (nSPS) is 17.1. The van der Waals surface area contributed by atoms with Crippen molar-refractivity contribution in [2.24, 2.45) is 0 Å². The van der Waals surface area contributed by atoms with Gasteiger partial charge in [0.1, 0.15) is 17.4 Å². The Morgan fingerprint density at radius 1 is 0.893 bits per heavy atom. The predicted molar refractivity (Wildman–Crippen MR) is 110 cm³/mol. The highest BCUT2D eigenvalue weighted by molar-refractivity contribution is 5.58. The van der Waals surface area contributed by atoms with E-state index in [1.54, 1.807) is 7.11 Å². The van der Waals surface area contributed by atoms with Crippen LogP contribution in [-0.4, -0.2) is 52.9 Å². The first kappa shape index (κ1) is 17.3. The third-order valence-electron chi connectivity index (χ3n) is 5.86. The summed E-state index contributed by atoms with van der Waals surface area (Å²) in [5.74, 6) is 3.64. The topological polar surface area (TPSA) is 58.8 Å². The van der Waals surface area contributed by atoms with Gasteiger partial charge in [0.2, 0.25) is 0 Å². The van der Waals surface area contributed by atoms with Gasteiger partial charge < -0.3 is 14.5 Å². The SMILES string of the molecule is COc1ccc(N2CCN(c3c4c(nc5nc(C)nn35)CCCC4)CC2)cc1. The molecule has 0 saturated carbocycles. The molecule has 5 rings (SSSR count). The fourth-order valence-corrected chi connectivity index (χ4v) is 4.41. The molecule has 0 amide bonds. The van der Waals surface area contributed by atoms with Crippen molar-refractivity contribution in [2.75, 3.05) is 43.1 Å². The fourth-order valence-electron chi connectivity index (χ4n) is 4.41. The summed E-state index contributed by atoms with van der Waals surface area (Å²) in [6, 6.07) is 8.34. The van der Waals surface area contributed by atoms with Crippen LogP contribution >= 0.6 is 0 Å². The van der Waals surface area contributed by atoms with E-state index in [0.29, 0.717) is 0 Å². The van der Waals surface area contributed by atoms with E-state index in [4.69, 9.17) is 9.72 Å². The monoisotopic (exact) mass is 378 g/mol. The molecule has 0 N–H and O–H groups in total. The van der Waals surface area contributed by atoms with Gasteiger partial charge in [0.25, 0.3) is 5.78 Å². The Morgan fingerprint density at radius 3 is 2.36 bits per heavy atom. The summed E-state index contributed by atoms with van der Waals surface area (Å²) in [5.41, 5.74) is 3.85. The number of methoxy groups -OCH3 is 1. The Hall–Kier alpha value is -2.83. The Bertz CT molecular complexity index is 988. The van der Waals surface area contributed by atoms with Gasteiger partial charge in [-0.3, -0.25) is 0 Å². The summed E-state index contributed by atoms with van der Waals surface area (Å²) in [7, 11) is 1.70. The van der Waals surface area contributed by atoms with Crippen LogP contribution in [0.4, 0.5) is 11.5 Å². The highest BCUT2D eigenvalue weighted by atomic mass is 16.5. The van der Waals surface area contributed by atoms with Crippen molar-refractivity contribution in [1.82, 2.24) is 19.6 Å². The fraction of sp³-hybridized carbons (Fsp3) is 0.476. The Labute approximate surface area is 165 Å². The second-order valence-corrected chi connectivity index (χ2v) is 7.61. The Kier molecular flexibility index (Phi) is 4.30. The van der Waals surface area contributed by atoms with Gasteiger partial charge in [-0.1, -0.05) is 0 Å². The molecule has 7 heteroatoms. The second kappa shape index (κ2) is 6.96. The number of aryl methyl sites for hydroxylation is 2. The van der Waals surface area contributed by atoms with Crippen LogP contribution in [0.2, 0.25) is 0 Å². The standard InChI is InChI=1S/C21H26N6O/c1-15-22-21-23-19-6-4-3-5-18(19)20(27(21)24-15)26-13-11-25(12-14-26)16-7-9-17(28-2)10-8-16/h7-10H,3-6,11-14H2,1-2H3. The molecule has 7 nitrogen and oxygen atoms in total. The van der Waals surface area contributed by atoms with Crippen molar-refractivity contribution in [1.29, 1.82) is 0 Å². The van der Waals surface area contributed by atoms with Crippen molar-refractivity contribution < 1.29 is 4.74 Å². The Balaban J connectivity index is 1.43. The lowest BCUT2D eigenvalue weighted by atomic mass is 9.96. The summed E-state index contributed by atoms with van der Waals surface area (Å²) < 4.78 is 7.25. The third-order valence-corrected chi connectivity index (χ3v) is 5.86. The minimum absolute atomic E-state index is 0.741. The van der Waals surface area contributed by atoms with Crippen molar-refractivity contribution in [3.8, 4) is 5.75 Å². The Morgan fingerprint density at radius 2 is 1.61 bits per heavy atom. The molecule has 1 fully saturated rings. The summed E-state index contributed by atoms with van der Waals surface area (Å²) in [6.45, 7) is 5.85. The number of anilines is 2. The maximum Gasteiger partial charge on any atom is 0.254 e. The van der Waals surface area contributed by atoms with Crippen LogP contribution in [0.15, 0.2) is 24.3 Å². The van der Waals surface area contributed by atoms with Crippen molar-refractivity contribution in [3.63, 3.8) is 0 Å². The summed E-state index contributed by atoms with van der Waals surface area (Å²) in [6.07, 6.45) is 4.59. The minimum Gasteiger partial charge on any atom is -0.497 e. The molecule has 1 aliphatic heterocycles. The van der Waals surface area contributed by atoms with Crippen LogP contribution < -0.4 is 14.5 Å². The molecule has 0 radical (unpaired) electrons. The number of benzene rings is 1. The molecular weight excluding hydrogens is 352 g/mol. The van der Waals surface area contributed by atoms with Crippen LogP contribution in [0.3, 0.4) is 0 Å². The maximum absolute atomic E-state index is 5.28. The van der Waals surface area contributed by atoms with Crippen LogP contribution in [0, 0.1) is 6.92 Å². The largest absolute Gasteiger partial charge is 0.497 e. The zero-order chi connectivity index (χ0) is 19.1. The maximum atomic E-state index is 5.28. The average molecular weight is 378 g/mol. The van der Waals surface area contributed by atoms with Crippen LogP contribution in [0.1, 0.15) is 29.9 Å². The molecule has 146 valence electrons. The molecule has 2 aromatic heterocycles. The summed E-state index contributed by atoms with van der Waals surface area (Å²) in [5, 5.41) is 4.67. The van der Waals surface area contributed by atoms with Gasteiger partial charge in [0.15, 0.2) is 0 Å². The first-order valence-electron chi connectivity index (χ1n) is 10.1. The minimum atomic E-state index is 0.741. The number of hydrogen-bond acceptors (Lipinski definition) is 6. The summed E-state index contributed by atoms with van der Waals surface area (Å²) >= 11 is 0. The lowest BCUT2D eigenvalue weighted by molar-refractivity contribution is 0.415. The van der Waals surface area contributed by atoms with E-state index >= 15 is 0 Å². The molecule has 0 unspecified atom stereocenters. The average Bonchev–Trinajstić information content (AvgIpc) is 3.11. The number of aromatic nitrogens is 4. The molecule has 0 atom stereocenters. The summed E-state index contributed by atoms with van der Waals surface area (Å²) in [4.78, 5) is 14.3. The molecular formula is C21H26N6O. The van der Waals surface area contributed by atoms with Crippen LogP contribution in [0.5, 0.6) is 5.75 Å². The quantitative estimate of drug-likeness (QED) is 0.698. The third kappa shape index (κ3) is 2.95. The molecule has 0 bridgehead atoms. The van der Waals surface area contributed by atoms with Gasteiger partial charge in [-0.15, -0.1) is 5.10 Å². The van der Waals surface area contributed by atoms with Gasteiger partial charge in [-0.05, 0) is 56.9 Å². The highest BCUT2D eigenvalue weighted by Gasteiger charge is 2.26. The van der Waals surface area contributed by atoms with Crippen LogP contribution in [-0.2, 0) is 12.8 Å². The molecule has 1 saturated heterocycles. The van der Waals surface area contributed by atoms with Crippen LogP contribution in [0.25, 0.3) is 5.78 Å². The smallest absolute Gasteiger partial charge is 0.254 e. The number of ether oxygens (including phenoxy) is 1. The molecule has 0 spiro atoms. The van der Waals surface area contributed by atoms with E-state index in [9.17, 15) is 0 Å². The second-order valence-electron chi connectivity index (χ2n) is 7.61. The lowest BCUT2D eigenvalue weighted by Gasteiger charge is -2.38. The van der Waals surface area contributed by atoms with Gasteiger partial charge in [0, 0.05) is 37.4 Å². The van der Waals surface area contributed by atoms with E-state index in [1.807, 2.05) is 23.6 Å². The predicted octanol–water partition coefficient (Wildman–Crippen LogP) is 2.65. The van der Waals surface area contributed by atoms with E-state index in [2.05, 4.69) is 32.0 Å². The number of fused-ring (bicyclic) bond motifs is 2. The van der Waals surface area contributed by atoms with Crippen molar-refractivity contribution >= 4 is 17.3 Å². The van der Waals surface area contributed by atoms with E-state index in [-0.39, 0.29) is 0 Å². The van der Waals surface area contributed by atoms with E-state index in [0.717, 1.165) is 56.4 Å². The van der Waals surface area contributed by atoms with Gasteiger partial charge in [0.05, 0.1) is 12.8 Å². The zero-order valence-electron chi connectivity index (χ0n) is 16.6. The molecule has 3 aromatic rings. The lowest BCUT2D eigenvalue weighted by Crippen LogP contribution is -2.47. The molecule has 28 heavy (non-hydrogen) atoms. The first-order chi connectivity index (χ1) is 13.7.